The molecule has 2 aromatic rings. The molecule has 0 atom stereocenters. The van der Waals surface area contributed by atoms with Crippen LogP contribution < -0.4 is 10.6 Å². The van der Waals surface area contributed by atoms with Gasteiger partial charge in [-0.05, 0) is 25.5 Å². The van der Waals surface area contributed by atoms with Crippen molar-refractivity contribution in [2.75, 3.05) is 18.9 Å². The van der Waals surface area contributed by atoms with Crippen LogP contribution in [0.25, 0.3) is 11.0 Å². The lowest BCUT2D eigenvalue weighted by atomic mass is 10.3. The fourth-order valence-corrected chi connectivity index (χ4v) is 3.12. The fraction of sp³-hybridized carbons (Fsp3) is 0.412. The highest BCUT2D eigenvalue weighted by Crippen LogP contribution is 2.24. The number of nitrogens with one attached hydrogen (secondary N) is 2. The summed E-state index contributed by atoms with van der Waals surface area (Å²) >= 11 is 1.26. The van der Waals surface area contributed by atoms with Gasteiger partial charge in [0.1, 0.15) is 0 Å². The minimum absolute atomic E-state index is 0.0292. The molecule has 0 aliphatic heterocycles. The molecule has 0 bridgehead atoms. The Morgan fingerprint density at radius 1 is 1.23 bits per heavy atom. The van der Waals surface area contributed by atoms with Gasteiger partial charge in [0, 0.05) is 13.1 Å². The highest BCUT2D eigenvalue weighted by molar-refractivity contribution is 7.99. The Bertz CT molecular complexity index is 790. The zero-order valence-corrected chi connectivity index (χ0v) is 15.6. The van der Waals surface area contributed by atoms with Crippen molar-refractivity contribution < 1.29 is 19.1 Å². The number of para-hydroxylation sites is 2. The number of ether oxygens (including phenoxy) is 1. The third-order valence-electron chi connectivity index (χ3n) is 3.34. The lowest BCUT2D eigenvalue weighted by molar-refractivity contribution is -0.145. The molecule has 1 aromatic carbocycles. The maximum absolute atomic E-state index is 11.9. The summed E-state index contributed by atoms with van der Waals surface area (Å²) in [5.74, 6) is -1.19. The van der Waals surface area contributed by atoms with Crippen LogP contribution in [0.1, 0.15) is 20.3 Å². The van der Waals surface area contributed by atoms with Crippen LogP contribution in [0.4, 0.5) is 4.79 Å². The van der Waals surface area contributed by atoms with Crippen LogP contribution in [0.2, 0.25) is 0 Å². The van der Waals surface area contributed by atoms with Crippen LogP contribution in [-0.4, -0.2) is 46.4 Å². The summed E-state index contributed by atoms with van der Waals surface area (Å²) in [7, 11) is 0. The fourth-order valence-electron chi connectivity index (χ4n) is 2.28. The molecular formula is C17H22N4O4S. The highest BCUT2D eigenvalue weighted by Gasteiger charge is 2.14. The minimum atomic E-state index is -0.674. The van der Waals surface area contributed by atoms with E-state index in [4.69, 9.17) is 4.74 Å². The summed E-state index contributed by atoms with van der Waals surface area (Å²) in [5.41, 5.74) is 1.89. The van der Waals surface area contributed by atoms with Gasteiger partial charge in [-0.2, -0.15) is 0 Å². The number of esters is 1. The van der Waals surface area contributed by atoms with Crippen LogP contribution >= 0.6 is 11.8 Å². The third-order valence-corrected chi connectivity index (χ3v) is 4.29. The molecule has 0 saturated heterocycles. The summed E-state index contributed by atoms with van der Waals surface area (Å²) in [6, 6.07) is 7.17. The normalized spacial score (nSPS) is 10.5. The number of urea groups is 1. The van der Waals surface area contributed by atoms with Crippen LogP contribution in [-0.2, 0) is 20.9 Å². The molecule has 0 spiro atoms. The summed E-state index contributed by atoms with van der Waals surface area (Å²) in [6.07, 6.45) is 0.943. The second-order valence-electron chi connectivity index (χ2n) is 5.39. The molecular weight excluding hydrogens is 356 g/mol. The average molecular weight is 378 g/mol. The molecule has 3 amide bonds. The molecule has 0 saturated carbocycles. The number of fused-ring (bicyclic) bond motifs is 1. The van der Waals surface area contributed by atoms with Crippen LogP contribution in [0.5, 0.6) is 0 Å². The minimum Gasteiger partial charge on any atom is -0.455 e. The quantitative estimate of drug-likeness (QED) is 0.537. The van der Waals surface area contributed by atoms with Crippen LogP contribution in [0.15, 0.2) is 29.4 Å². The van der Waals surface area contributed by atoms with E-state index in [0.29, 0.717) is 6.54 Å². The third kappa shape index (κ3) is 5.48. The number of hydrogen-bond donors (Lipinski definition) is 2. The number of nitrogens with zero attached hydrogens (tertiary/aromatic N) is 2. The topological polar surface area (TPSA) is 102 Å². The van der Waals surface area contributed by atoms with Gasteiger partial charge in [-0.25, -0.2) is 9.78 Å². The molecule has 1 heterocycles. The Morgan fingerprint density at radius 2 is 2.00 bits per heavy atom. The van der Waals surface area contributed by atoms with Gasteiger partial charge < -0.3 is 14.6 Å². The van der Waals surface area contributed by atoms with Crippen molar-refractivity contribution in [2.24, 2.45) is 0 Å². The Labute approximate surface area is 155 Å². The molecule has 1 aromatic heterocycles. The Balaban J connectivity index is 1.87. The molecule has 0 unspecified atom stereocenters. The van der Waals surface area contributed by atoms with Crippen molar-refractivity contribution in [3.63, 3.8) is 0 Å². The monoisotopic (exact) mass is 378 g/mol. The first-order valence-corrected chi connectivity index (χ1v) is 9.35. The first kappa shape index (κ1) is 19.8. The Hall–Kier alpha value is -2.55. The molecule has 2 rings (SSSR count). The zero-order chi connectivity index (χ0) is 18.9. The average Bonchev–Trinajstić information content (AvgIpc) is 2.96. The molecule has 0 fully saturated rings. The van der Waals surface area contributed by atoms with E-state index in [1.807, 2.05) is 24.3 Å². The summed E-state index contributed by atoms with van der Waals surface area (Å²) in [6.45, 7) is 4.50. The first-order valence-electron chi connectivity index (χ1n) is 8.36. The first-order chi connectivity index (χ1) is 12.5. The number of rotatable bonds is 8. The number of imidazole rings is 1. The molecule has 9 heteroatoms. The Kier molecular flexibility index (Phi) is 7.46. The van der Waals surface area contributed by atoms with E-state index in [-0.39, 0.29) is 5.75 Å². The summed E-state index contributed by atoms with van der Waals surface area (Å²) in [4.78, 5) is 39.1. The van der Waals surface area contributed by atoms with Gasteiger partial charge >= 0.3 is 12.0 Å². The standard InChI is InChI=1S/C17H22N4O4S/c1-3-9-21-13-8-6-5-7-12(13)19-17(21)26-11-15(23)25-10-14(22)20-16(24)18-4-2/h5-8H,3-4,9-11H2,1-2H3,(H2,18,20,22,24). The predicted molar refractivity (Wildman–Crippen MR) is 98.9 cm³/mol. The van der Waals surface area contributed by atoms with Gasteiger partial charge in [0.25, 0.3) is 5.91 Å². The van der Waals surface area contributed by atoms with Crippen molar-refractivity contribution in [2.45, 2.75) is 32.0 Å². The van der Waals surface area contributed by atoms with E-state index in [9.17, 15) is 14.4 Å². The largest absolute Gasteiger partial charge is 0.455 e. The van der Waals surface area contributed by atoms with E-state index >= 15 is 0 Å². The highest BCUT2D eigenvalue weighted by atomic mass is 32.2. The molecule has 0 aliphatic carbocycles. The van der Waals surface area contributed by atoms with Crippen molar-refractivity contribution in [3.05, 3.63) is 24.3 Å². The number of imide groups is 1. The summed E-state index contributed by atoms with van der Waals surface area (Å²) < 4.78 is 6.95. The van der Waals surface area contributed by atoms with Gasteiger partial charge in [-0.15, -0.1) is 0 Å². The van der Waals surface area contributed by atoms with Crippen molar-refractivity contribution >= 4 is 40.7 Å². The van der Waals surface area contributed by atoms with Gasteiger partial charge in [-0.3, -0.25) is 14.9 Å². The number of aryl methyl sites for hydroxylation is 1. The van der Waals surface area contributed by atoms with Crippen molar-refractivity contribution in [3.8, 4) is 0 Å². The van der Waals surface area contributed by atoms with Crippen molar-refractivity contribution in [1.29, 1.82) is 0 Å². The van der Waals surface area contributed by atoms with Gasteiger partial charge in [0.2, 0.25) is 0 Å². The van der Waals surface area contributed by atoms with E-state index in [2.05, 4.69) is 27.1 Å². The SMILES string of the molecule is CCCn1c(SCC(=O)OCC(=O)NC(=O)NCC)nc2ccccc21. The summed E-state index contributed by atoms with van der Waals surface area (Å²) in [5, 5.41) is 5.21. The lowest BCUT2D eigenvalue weighted by Crippen LogP contribution is -2.41. The number of amides is 3. The number of benzene rings is 1. The smallest absolute Gasteiger partial charge is 0.321 e. The number of thioether (sulfide) groups is 1. The molecule has 8 nitrogen and oxygen atoms in total. The molecule has 26 heavy (non-hydrogen) atoms. The molecule has 2 N–H and O–H groups in total. The van der Waals surface area contributed by atoms with Crippen LogP contribution in [0, 0.1) is 0 Å². The van der Waals surface area contributed by atoms with Gasteiger partial charge in [0.15, 0.2) is 11.8 Å². The molecule has 0 radical (unpaired) electrons. The number of carbonyl (C=O) groups excluding carboxylic acids is 3. The van der Waals surface area contributed by atoms with Crippen molar-refractivity contribution in [1.82, 2.24) is 20.2 Å². The van der Waals surface area contributed by atoms with E-state index < -0.39 is 24.5 Å². The number of aromatic nitrogens is 2. The second kappa shape index (κ2) is 9.81. The zero-order valence-electron chi connectivity index (χ0n) is 14.8. The lowest BCUT2D eigenvalue weighted by Gasteiger charge is -2.08. The predicted octanol–water partition coefficient (Wildman–Crippen LogP) is 1.93. The van der Waals surface area contributed by atoms with E-state index in [0.717, 1.165) is 29.2 Å². The van der Waals surface area contributed by atoms with Crippen LogP contribution in [0.3, 0.4) is 0 Å². The van der Waals surface area contributed by atoms with E-state index in [1.165, 1.54) is 11.8 Å². The Morgan fingerprint density at radius 3 is 2.73 bits per heavy atom. The number of hydrogen-bond acceptors (Lipinski definition) is 6. The number of carbonyl (C=O) groups is 3. The molecule has 140 valence electrons. The second-order valence-corrected chi connectivity index (χ2v) is 6.33. The maximum Gasteiger partial charge on any atom is 0.321 e. The maximum atomic E-state index is 11.9. The van der Waals surface area contributed by atoms with E-state index in [1.54, 1.807) is 6.92 Å². The molecule has 0 aliphatic rings. The van der Waals surface area contributed by atoms with Gasteiger partial charge in [0.05, 0.1) is 16.8 Å². The van der Waals surface area contributed by atoms with Gasteiger partial charge in [-0.1, -0.05) is 30.8 Å².